The van der Waals surface area contributed by atoms with Crippen LogP contribution in [0.5, 0.6) is 0 Å². The van der Waals surface area contributed by atoms with E-state index in [1.807, 2.05) is 72.5 Å². The zero-order chi connectivity index (χ0) is 23.4. The highest BCUT2D eigenvalue weighted by Gasteiger charge is 2.63. The SMILES string of the molecule is Cc1ccc(C(=O)N2CC(C)(C)SC23C(=O)N(Cc2ccccc2C)c2ccccc23)cc1. The van der Waals surface area contributed by atoms with E-state index in [2.05, 4.69) is 32.9 Å². The van der Waals surface area contributed by atoms with Crippen LogP contribution in [0, 0.1) is 13.8 Å². The summed E-state index contributed by atoms with van der Waals surface area (Å²) < 4.78 is -0.262. The van der Waals surface area contributed by atoms with Gasteiger partial charge in [-0.15, -0.1) is 11.8 Å². The minimum absolute atomic E-state index is 0.0389. The van der Waals surface area contributed by atoms with E-state index in [0.29, 0.717) is 18.7 Å². The van der Waals surface area contributed by atoms with Gasteiger partial charge in [0.15, 0.2) is 4.87 Å². The minimum Gasteiger partial charge on any atom is -0.310 e. The average molecular weight is 457 g/mol. The summed E-state index contributed by atoms with van der Waals surface area (Å²) in [7, 11) is 0. The maximum atomic E-state index is 14.3. The molecule has 2 aliphatic rings. The van der Waals surface area contributed by atoms with Crippen molar-refractivity contribution in [2.45, 2.75) is 43.9 Å². The largest absolute Gasteiger partial charge is 0.310 e. The highest BCUT2D eigenvalue weighted by Crippen LogP contribution is 2.60. The molecule has 2 heterocycles. The molecule has 3 aromatic carbocycles. The number of aryl methyl sites for hydroxylation is 2. The lowest BCUT2D eigenvalue weighted by Gasteiger charge is -2.33. The standard InChI is InChI=1S/C28H28N2O2S/c1-19-13-15-21(16-14-19)25(31)30-18-27(3,4)33-28(30)23-11-7-8-12-24(23)29(26(28)32)17-22-10-6-5-9-20(22)2/h5-16H,17-18H2,1-4H3. The van der Waals surface area contributed by atoms with Gasteiger partial charge in [-0.25, -0.2) is 0 Å². The Morgan fingerprint density at radius 1 is 0.939 bits per heavy atom. The van der Waals surface area contributed by atoms with Crippen LogP contribution in [0.25, 0.3) is 0 Å². The normalized spacial score (nSPS) is 21.0. The van der Waals surface area contributed by atoms with Crippen molar-refractivity contribution in [2.75, 3.05) is 11.4 Å². The van der Waals surface area contributed by atoms with E-state index in [-0.39, 0.29) is 16.6 Å². The van der Waals surface area contributed by atoms with Gasteiger partial charge in [-0.2, -0.15) is 0 Å². The molecule has 0 bridgehead atoms. The lowest BCUT2D eigenvalue weighted by molar-refractivity contribution is -0.123. The van der Waals surface area contributed by atoms with Crippen LogP contribution in [0.1, 0.15) is 46.5 Å². The van der Waals surface area contributed by atoms with Gasteiger partial charge in [-0.3, -0.25) is 9.59 Å². The van der Waals surface area contributed by atoms with E-state index in [4.69, 9.17) is 0 Å². The molecular weight excluding hydrogens is 428 g/mol. The van der Waals surface area contributed by atoms with Gasteiger partial charge >= 0.3 is 0 Å². The number of nitrogens with zero attached hydrogens (tertiary/aromatic N) is 2. The first kappa shape index (κ1) is 21.8. The molecule has 1 saturated heterocycles. The number of fused-ring (bicyclic) bond motifs is 2. The molecule has 5 heteroatoms. The molecule has 0 N–H and O–H groups in total. The monoisotopic (exact) mass is 456 g/mol. The minimum atomic E-state index is -1.06. The lowest BCUT2D eigenvalue weighted by atomic mass is 10.0. The Bertz CT molecular complexity index is 1250. The number of carbonyl (C=O) groups is 2. The van der Waals surface area contributed by atoms with Crippen molar-refractivity contribution in [1.29, 1.82) is 0 Å². The fourth-order valence-electron chi connectivity index (χ4n) is 4.92. The number of anilines is 1. The van der Waals surface area contributed by atoms with E-state index in [1.165, 1.54) is 0 Å². The summed E-state index contributed by atoms with van der Waals surface area (Å²) in [6.45, 7) is 9.28. The van der Waals surface area contributed by atoms with Crippen LogP contribution in [0.3, 0.4) is 0 Å². The Morgan fingerprint density at radius 3 is 2.33 bits per heavy atom. The van der Waals surface area contributed by atoms with Gasteiger partial charge in [0.2, 0.25) is 0 Å². The van der Waals surface area contributed by atoms with Crippen LogP contribution in [0.4, 0.5) is 5.69 Å². The first-order valence-electron chi connectivity index (χ1n) is 11.3. The molecule has 1 spiro atoms. The summed E-state index contributed by atoms with van der Waals surface area (Å²) in [4.78, 5) is 30.7. The fraction of sp³-hybridized carbons (Fsp3) is 0.286. The second kappa shape index (κ2) is 7.77. The van der Waals surface area contributed by atoms with Crippen LogP contribution in [-0.2, 0) is 16.2 Å². The number of para-hydroxylation sites is 1. The van der Waals surface area contributed by atoms with Gasteiger partial charge < -0.3 is 9.80 Å². The first-order chi connectivity index (χ1) is 15.7. The molecule has 5 rings (SSSR count). The number of hydrogen-bond acceptors (Lipinski definition) is 3. The van der Waals surface area contributed by atoms with Crippen molar-refractivity contribution in [3.8, 4) is 0 Å². The van der Waals surface area contributed by atoms with Crippen molar-refractivity contribution >= 4 is 29.3 Å². The van der Waals surface area contributed by atoms with E-state index in [9.17, 15) is 9.59 Å². The third kappa shape index (κ3) is 3.46. The molecular formula is C28H28N2O2S. The number of amides is 2. The molecule has 0 saturated carbocycles. The van der Waals surface area contributed by atoms with Crippen LogP contribution in [-0.4, -0.2) is 28.0 Å². The zero-order valence-electron chi connectivity index (χ0n) is 19.5. The lowest BCUT2D eigenvalue weighted by Crippen LogP contribution is -2.50. The van der Waals surface area contributed by atoms with Crippen LogP contribution >= 0.6 is 11.8 Å². The Hall–Kier alpha value is -3.05. The number of rotatable bonds is 3. The van der Waals surface area contributed by atoms with E-state index in [1.54, 1.807) is 16.7 Å². The molecule has 1 fully saturated rings. The van der Waals surface area contributed by atoms with Gasteiger partial charge in [0.05, 0.1) is 12.2 Å². The molecule has 0 aromatic heterocycles. The van der Waals surface area contributed by atoms with Gasteiger partial charge in [0, 0.05) is 22.4 Å². The Morgan fingerprint density at radius 2 is 1.61 bits per heavy atom. The Kier molecular flexibility index (Phi) is 5.13. The molecule has 0 aliphatic carbocycles. The Balaban J connectivity index is 1.63. The number of thioether (sulfide) groups is 1. The van der Waals surface area contributed by atoms with Crippen molar-refractivity contribution in [1.82, 2.24) is 4.90 Å². The summed E-state index contributed by atoms with van der Waals surface area (Å²) in [5.41, 5.74) is 5.76. The maximum absolute atomic E-state index is 14.3. The molecule has 168 valence electrons. The predicted molar refractivity (Wildman–Crippen MR) is 134 cm³/mol. The fourth-order valence-corrected chi connectivity index (χ4v) is 6.65. The number of carbonyl (C=O) groups excluding carboxylic acids is 2. The Labute approximate surface area is 199 Å². The molecule has 4 nitrogen and oxygen atoms in total. The quantitative estimate of drug-likeness (QED) is 0.510. The van der Waals surface area contributed by atoms with Crippen LogP contribution in [0.15, 0.2) is 72.8 Å². The molecule has 2 amide bonds. The summed E-state index contributed by atoms with van der Waals surface area (Å²) in [6.07, 6.45) is 0. The average Bonchev–Trinajstić information content (AvgIpc) is 3.21. The van der Waals surface area contributed by atoms with Gasteiger partial charge in [0.1, 0.15) is 0 Å². The number of hydrogen-bond donors (Lipinski definition) is 0. The van der Waals surface area contributed by atoms with E-state index < -0.39 is 4.87 Å². The summed E-state index contributed by atoms with van der Waals surface area (Å²) in [6, 6.07) is 23.7. The van der Waals surface area contributed by atoms with E-state index >= 15 is 0 Å². The van der Waals surface area contributed by atoms with Crippen molar-refractivity contribution in [3.05, 3.63) is 101 Å². The summed E-state index contributed by atoms with van der Waals surface area (Å²) in [5.74, 6) is -0.142. The highest BCUT2D eigenvalue weighted by atomic mass is 32.2. The zero-order valence-corrected chi connectivity index (χ0v) is 20.3. The molecule has 0 radical (unpaired) electrons. The molecule has 2 aliphatic heterocycles. The molecule has 1 atom stereocenters. The third-order valence-corrected chi connectivity index (χ3v) is 8.16. The predicted octanol–water partition coefficient (Wildman–Crippen LogP) is 5.67. The van der Waals surface area contributed by atoms with Gasteiger partial charge in [-0.05, 0) is 57.0 Å². The van der Waals surface area contributed by atoms with Crippen molar-refractivity contribution < 1.29 is 9.59 Å². The van der Waals surface area contributed by atoms with Crippen LogP contribution in [0.2, 0.25) is 0 Å². The maximum Gasteiger partial charge on any atom is 0.268 e. The molecule has 1 unspecified atom stereocenters. The third-order valence-electron chi connectivity index (χ3n) is 6.57. The first-order valence-corrected chi connectivity index (χ1v) is 12.1. The smallest absolute Gasteiger partial charge is 0.268 e. The second-order valence-corrected chi connectivity index (χ2v) is 11.5. The van der Waals surface area contributed by atoms with Crippen LogP contribution < -0.4 is 4.90 Å². The van der Waals surface area contributed by atoms with Crippen molar-refractivity contribution in [2.24, 2.45) is 0 Å². The summed E-state index contributed by atoms with van der Waals surface area (Å²) in [5, 5.41) is 0. The highest BCUT2D eigenvalue weighted by molar-refractivity contribution is 8.02. The summed E-state index contributed by atoms with van der Waals surface area (Å²) >= 11 is 1.60. The topological polar surface area (TPSA) is 40.6 Å². The van der Waals surface area contributed by atoms with E-state index in [0.717, 1.165) is 27.9 Å². The molecule has 33 heavy (non-hydrogen) atoms. The molecule has 3 aromatic rings. The van der Waals surface area contributed by atoms with Gasteiger partial charge in [-0.1, -0.05) is 60.2 Å². The second-order valence-electron chi connectivity index (χ2n) is 9.60. The number of benzene rings is 3. The van der Waals surface area contributed by atoms with Crippen molar-refractivity contribution in [3.63, 3.8) is 0 Å². The van der Waals surface area contributed by atoms with Gasteiger partial charge in [0.25, 0.3) is 11.8 Å².